The minimum atomic E-state index is -0.255. The van der Waals surface area contributed by atoms with Crippen LogP contribution in [0, 0.1) is 6.92 Å². The maximum Gasteiger partial charge on any atom is 0.337 e. The van der Waals surface area contributed by atoms with Gasteiger partial charge in [-0.3, -0.25) is 4.90 Å². The van der Waals surface area contributed by atoms with Crippen molar-refractivity contribution < 1.29 is 8.83 Å². The van der Waals surface area contributed by atoms with E-state index in [2.05, 4.69) is 208 Å². The van der Waals surface area contributed by atoms with Crippen LogP contribution in [0.4, 0.5) is 28.6 Å². The van der Waals surface area contributed by atoms with E-state index in [1.807, 2.05) is 0 Å². The van der Waals surface area contributed by atoms with Crippen molar-refractivity contribution in [1.29, 1.82) is 0 Å². The Labute approximate surface area is 402 Å². The zero-order chi connectivity index (χ0) is 47.2. The Morgan fingerprint density at radius 3 is 1.79 bits per heavy atom. The predicted octanol–water partition coefficient (Wildman–Crippen LogP) is 16.5. The SMILES string of the molecule is Cc1cc2c(cc1N1c3oc4cc5c(cc4c3B3c4c(cc6c(oc7ccccc76)c41)-c1ccc4ccccc4c1N3c1ccc(C(C)(C)C)cc1)C(C)(C)CCC5(C)C)C(C)(C)CCC2(C)C. The first-order valence-corrected chi connectivity index (χ1v) is 25.2. The molecule has 0 bridgehead atoms. The second-order valence-electron chi connectivity index (χ2n) is 24.7. The Bertz CT molecular complexity index is 3650. The van der Waals surface area contributed by atoms with E-state index in [-0.39, 0.29) is 33.9 Å². The molecule has 9 aromatic rings. The number of fused-ring (bicyclic) bond motifs is 14. The molecule has 4 nitrogen and oxygen atoms in total. The minimum absolute atomic E-state index is 0.000630. The van der Waals surface area contributed by atoms with Crippen LogP contribution in [0.25, 0.3) is 54.8 Å². The molecule has 0 radical (unpaired) electrons. The number of para-hydroxylation sites is 1. The smallest absolute Gasteiger partial charge is 0.337 e. The largest absolute Gasteiger partial charge is 0.454 e. The Balaban J connectivity index is 1.24. The van der Waals surface area contributed by atoms with Gasteiger partial charge in [-0.1, -0.05) is 149 Å². The molecule has 2 aliphatic carbocycles. The second kappa shape index (κ2) is 13.5. The highest BCUT2D eigenvalue weighted by Crippen LogP contribution is 2.56. The highest BCUT2D eigenvalue weighted by molar-refractivity contribution is 6.95. The molecule has 0 N–H and O–H groups in total. The Morgan fingerprint density at radius 1 is 0.515 bits per heavy atom. The molecule has 340 valence electrons. The molecule has 0 fully saturated rings. The lowest BCUT2D eigenvalue weighted by atomic mass is 9.43. The summed E-state index contributed by atoms with van der Waals surface area (Å²) >= 11 is 0. The topological polar surface area (TPSA) is 32.8 Å². The number of hydrogen-bond acceptors (Lipinski definition) is 4. The number of furan rings is 2. The fourth-order valence-corrected chi connectivity index (χ4v) is 13.1. The molecular formula is C63H63BN2O2. The molecule has 0 unspecified atom stereocenters. The van der Waals surface area contributed by atoms with Gasteiger partial charge < -0.3 is 13.6 Å². The highest BCUT2D eigenvalue weighted by Gasteiger charge is 2.51. The number of benzene rings is 7. The molecule has 2 aromatic heterocycles. The van der Waals surface area contributed by atoms with Gasteiger partial charge >= 0.3 is 6.85 Å². The van der Waals surface area contributed by atoms with Gasteiger partial charge in [-0.15, -0.1) is 0 Å². The van der Waals surface area contributed by atoms with Crippen LogP contribution in [0.2, 0.25) is 0 Å². The third-order valence-corrected chi connectivity index (χ3v) is 17.4. The lowest BCUT2D eigenvalue weighted by molar-refractivity contribution is 0.332. The van der Waals surface area contributed by atoms with Crippen molar-refractivity contribution >= 4 is 90.1 Å². The van der Waals surface area contributed by atoms with Gasteiger partial charge in [0.05, 0.1) is 11.4 Å². The third-order valence-electron chi connectivity index (χ3n) is 17.4. The van der Waals surface area contributed by atoms with Crippen molar-refractivity contribution in [3.63, 3.8) is 0 Å². The monoisotopic (exact) mass is 890 g/mol. The van der Waals surface area contributed by atoms with Crippen LogP contribution in [0.5, 0.6) is 0 Å². The normalized spacial score (nSPS) is 18.4. The van der Waals surface area contributed by atoms with Crippen molar-refractivity contribution in [3.8, 4) is 11.1 Å². The predicted molar refractivity (Wildman–Crippen MR) is 289 cm³/mol. The molecule has 4 aliphatic rings. The average Bonchev–Trinajstić information content (AvgIpc) is 3.87. The average molecular weight is 891 g/mol. The Kier molecular flexibility index (Phi) is 8.34. The van der Waals surface area contributed by atoms with E-state index in [0.29, 0.717) is 0 Å². The van der Waals surface area contributed by atoms with E-state index < -0.39 is 0 Å². The van der Waals surface area contributed by atoms with Crippen molar-refractivity contribution in [2.24, 2.45) is 0 Å². The Morgan fingerprint density at radius 2 is 1.12 bits per heavy atom. The minimum Gasteiger partial charge on any atom is -0.454 e. The van der Waals surface area contributed by atoms with Crippen LogP contribution >= 0.6 is 0 Å². The van der Waals surface area contributed by atoms with Gasteiger partial charge in [-0.25, -0.2) is 0 Å². The summed E-state index contributed by atoms with van der Waals surface area (Å²) in [5, 5.41) is 5.90. The summed E-state index contributed by atoms with van der Waals surface area (Å²) in [5.41, 5.74) is 20.6. The van der Waals surface area contributed by atoms with Gasteiger partial charge in [-0.2, -0.15) is 0 Å². The zero-order valence-electron chi connectivity index (χ0n) is 42.1. The molecule has 13 rings (SSSR count). The van der Waals surface area contributed by atoms with Crippen LogP contribution in [0.3, 0.4) is 0 Å². The molecule has 0 saturated heterocycles. The van der Waals surface area contributed by atoms with Gasteiger partial charge in [-0.05, 0) is 152 Å². The molecule has 0 spiro atoms. The summed E-state index contributed by atoms with van der Waals surface area (Å²) in [6, 6.07) is 44.2. The van der Waals surface area contributed by atoms with Crippen LogP contribution < -0.4 is 20.6 Å². The summed E-state index contributed by atoms with van der Waals surface area (Å²) in [4.78, 5) is 5.19. The second-order valence-corrected chi connectivity index (χ2v) is 24.7. The van der Waals surface area contributed by atoms with E-state index in [0.717, 1.165) is 76.2 Å². The van der Waals surface area contributed by atoms with E-state index in [9.17, 15) is 0 Å². The molecule has 2 aliphatic heterocycles. The molecule has 68 heavy (non-hydrogen) atoms. The molecule has 0 amide bonds. The van der Waals surface area contributed by atoms with Crippen LogP contribution in [0.15, 0.2) is 124 Å². The van der Waals surface area contributed by atoms with Crippen molar-refractivity contribution in [2.45, 2.75) is 136 Å². The number of rotatable bonds is 2. The van der Waals surface area contributed by atoms with Gasteiger partial charge in [0, 0.05) is 43.9 Å². The molecule has 5 heteroatoms. The zero-order valence-corrected chi connectivity index (χ0v) is 42.1. The van der Waals surface area contributed by atoms with E-state index in [1.165, 1.54) is 77.3 Å². The maximum atomic E-state index is 7.73. The van der Waals surface area contributed by atoms with Gasteiger partial charge in [0.2, 0.25) is 5.88 Å². The fourth-order valence-electron chi connectivity index (χ4n) is 13.1. The lowest BCUT2D eigenvalue weighted by Crippen LogP contribution is -2.61. The van der Waals surface area contributed by atoms with Crippen LogP contribution in [-0.2, 0) is 27.1 Å². The summed E-state index contributed by atoms with van der Waals surface area (Å²) < 4.78 is 15.0. The van der Waals surface area contributed by atoms with Gasteiger partial charge in [0.25, 0.3) is 0 Å². The molecule has 0 atom stereocenters. The number of anilines is 5. The van der Waals surface area contributed by atoms with Gasteiger partial charge in [0.1, 0.15) is 11.2 Å². The molecular weight excluding hydrogens is 828 g/mol. The van der Waals surface area contributed by atoms with E-state index in [4.69, 9.17) is 8.83 Å². The summed E-state index contributed by atoms with van der Waals surface area (Å²) in [5.74, 6) is 0.880. The fraction of sp³-hybridized carbons (Fsp3) is 0.333. The van der Waals surface area contributed by atoms with E-state index in [1.54, 1.807) is 0 Å². The van der Waals surface area contributed by atoms with Crippen LogP contribution in [0.1, 0.15) is 135 Å². The standard InChI is InChI=1S/C63H63BN2O2/c1-36-31-46-48(62(9,10)29-27-60(46,5)6)34-50(36)65-56-53-43(32-44-41-19-15-16-20-51(41)67-57(44)56)42-26-21-37-17-13-14-18-40(37)55(42)66(39-24-22-38(23-25-39)59(2,3)4)64(53)54-45-33-47-49(35-52(45)68-58(54)65)63(11,12)30-28-61(47,7)8/h13-26,31-35H,27-30H2,1-12H3. The van der Waals surface area contributed by atoms with Crippen molar-refractivity contribution in [3.05, 3.63) is 149 Å². The van der Waals surface area contributed by atoms with Crippen LogP contribution in [-0.4, -0.2) is 6.85 Å². The summed E-state index contributed by atoms with van der Waals surface area (Å²) in [7, 11) is 0. The van der Waals surface area contributed by atoms with E-state index >= 15 is 0 Å². The quantitative estimate of drug-likeness (QED) is 0.162. The molecule has 0 saturated carbocycles. The molecule has 7 aromatic carbocycles. The summed E-state index contributed by atoms with van der Waals surface area (Å²) in [6.07, 6.45) is 4.56. The van der Waals surface area contributed by atoms with Crippen molar-refractivity contribution in [2.75, 3.05) is 9.71 Å². The first-order chi connectivity index (χ1) is 32.2. The number of nitrogens with zero attached hydrogens (tertiary/aromatic N) is 2. The molecule has 4 heterocycles. The highest BCUT2D eigenvalue weighted by atomic mass is 16.4. The first kappa shape index (κ1) is 41.9. The lowest BCUT2D eigenvalue weighted by Gasteiger charge is -2.46. The number of hydrogen-bond donors (Lipinski definition) is 0. The van der Waals surface area contributed by atoms with Crippen molar-refractivity contribution in [1.82, 2.24) is 0 Å². The number of aryl methyl sites for hydroxylation is 1. The first-order valence-electron chi connectivity index (χ1n) is 25.2. The Hall–Kier alpha value is -6.20. The summed E-state index contributed by atoms with van der Waals surface area (Å²) in [6.45, 7) is 28.5. The maximum absolute atomic E-state index is 7.73. The van der Waals surface area contributed by atoms with Gasteiger partial charge in [0.15, 0.2) is 5.58 Å². The third kappa shape index (κ3) is 5.68.